The predicted octanol–water partition coefficient (Wildman–Crippen LogP) is 3.18. The molecule has 21 heavy (non-hydrogen) atoms. The van der Waals surface area contributed by atoms with Gasteiger partial charge in [-0.1, -0.05) is 19.0 Å². The van der Waals surface area contributed by atoms with Crippen molar-refractivity contribution in [2.45, 2.75) is 77.9 Å². The van der Waals surface area contributed by atoms with Gasteiger partial charge in [0.25, 0.3) is 0 Å². The number of ether oxygens (including phenoxy) is 1. The summed E-state index contributed by atoms with van der Waals surface area (Å²) in [6.45, 7) is 11.2. The molecule has 0 radical (unpaired) electrons. The zero-order valence-electron chi connectivity index (χ0n) is 14.0. The van der Waals surface area contributed by atoms with Crippen LogP contribution < -0.4 is 5.73 Å². The third-order valence-electron chi connectivity index (χ3n) is 4.31. The maximum absolute atomic E-state index is 6.08. The lowest BCUT2D eigenvalue weighted by molar-refractivity contribution is -0.0957. The Balaban J connectivity index is 2.19. The van der Waals surface area contributed by atoms with Crippen LogP contribution in [0.3, 0.4) is 0 Å². The number of nitrogens with two attached hydrogens (primary N) is 1. The molecular weight excluding hydrogens is 266 g/mol. The standard InChI is InChI=1S/C16H29N3O2/c1-6-20-16(9-7-14(2,3)8-10-16)13-18-12(21-19-13)11-15(4,5)17/h6-11,17H2,1-5H3. The van der Waals surface area contributed by atoms with E-state index in [2.05, 4.69) is 24.0 Å². The molecule has 1 fully saturated rings. The van der Waals surface area contributed by atoms with Crippen molar-refractivity contribution in [3.05, 3.63) is 11.7 Å². The summed E-state index contributed by atoms with van der Waals surface area (Å²) in [5, 5.41) is 4.20. The Bertz CT molecular complexity index is 464. The fraction of sp³-hybridized carbons (Fsp3) is 0.875. The van der Waals surface area contributed by atoms with Gasteiger partial charge in [-0.15, -0.1) is 0 Å². The SMILES string of the molecule is CCOC1(c2noc(CC(C)(C)N)n2)CCC(C)(C)CC1. The first-order valence-corrected chi connectivity index (χ1v) is 7.92. The van der Waals surface area contributed by atoms with Gasteiger partial charge in [-0.05, 0) is 51.9 Å². The normalized spacial score (nSPS) is 21.4. The van der Waals surface area contributed by atoms with Crippen LogP contribution in [0.25, 0.3) is 0 Å². The van der Waals surface area contributed by atoms with E-state index in [4.69, 9.17) is 15.0 Å². The van der Waals surface area contributed by atoms with Crippen molar-refractivity contribution in [1.29, 1.82) is 0 Å². The molecule has 0 spiro atoms. The van der Waals surface area contributed by atoms with Crippen LogP contribution in [0.5, 0.6) is 0 Å². The van der Waals surface area contributed by atoms with Crippen LogP contribution in [0.4, 0.5) is 0 Å². The lowest BCUT2D eigenvalue weighted by Gasteiger charge is -2.41. The fourth-order valence-corrected chi connectivity index (χ4v) is 2.94. The highest BCUT2D eigenvalue weighted by Gasteiger charge is 2.43. The Morgan fingerprint density at radius 3 is 2.38 bits per heavy atom. The molecule has 120 valence electrons. The van der Waals surface area contributed by atoms with Crippen molar-refractivity contribution in [2.24, 2.45) is 11.1 Å². The van der Waals surface area contributed by atoms with Gasteiger partial charge in [0, 0.05) is 18.6 Å². The first-order chi connectivity index (χ1) is 9.66. The summed E-state index contributed by atoms with van der Waals surface area (Å²) in [5.74, 6) is 1.29. The Labute approximate surface area is 127 Å². The summed E-state index contributed by atoms with van der Waals surface area (Å²) in [4.78, 5) is 4.58. The number of hydrogen-bond donors (Lipinski definition) is 1. The third kappa shape index (κ3) is 4.04. The Hall–Kier alpha value is -0.940. The monoisotopic (exact) mass is 295 g/mol. The second-order valence-corrected chi connectivity index (χ2v) is 7.77. The molecule has 0 aromatic carbocycles. The molecule has 0 saturated heterocycles. The second-order valence-electron chi connectivity index (χ2n) is 7.77. The van der Waals surface area contributed by atoms with E-state index in [1.807, 2.05) is 20.8 Å². The molecule has 0 aliphatic heterocycles. The summed E-state index contributed by atoms with van der Waals surface area (Å²) < 4.78 is 11.5. The summed E-state index contributed by atoms with van der Waals surface area (Å²) in [7, 11) is 0. The van der Waals surface area contributed by atoms with E-state index < -0.39 is 0 Å². The first-order valence-electron chi connectivity index (χ1n) is 7.92. The van der Waals surface area contributed by atoms with Gasteiger partial charge in [-0.25, -0.2) is 0 Å². The fourth-order valence-electron chi connectivity index (χ4n) is 2.94. The van der Waals surface area contributed by atoms with Gasteiger partial charge in [0.05, 0.1) is 0 Å². The van der Waals surface area contributed by atoms with Crippen LogP contribution in [-0.2, 0) is 16.8 Å². The predicted molar refractivity (Wildman–Crippen MR) is 81.8 cm³/mol. The van der Waals surface area contributed by atoms with E-state index in [9.17, 15) is 0 Å². The molecule has 1 aliphatic rings. The molecule has 2 rings (SSSR count). The van der Waals surface area contributed by atoms with Crippen LogP contribution in [0.1, 0.15) is 72.0 Å². The third-order valence-corrected chi connectivity index (χ3v) is 4.31. The van der Waals surface area contributed by atoms with Crippen LogP contribution in [0, 0.1) is 5.41 Å². The first kappa shape index (κ1) is 16.4. The minimum absolute atomic E-state index is 0.350. The number of nitrogens with zero attached hydrogens (tertiary/aromatic N) is 2. The number of aromatic nitrogens is 2. The van der Waals surface area contributed by atoms with Crippen LogP contribution in [-0.4, -0.2) is 22.3 Å². The summed E-state index contributed by atoms with van der Waals surface area (Å²) in [6, 6.07) is 0. The van der Waals surface area contributed by atoms with Crippen molar-refractivity contribution >= 4 is 0 Å². The van der Waals surface area contributed by atoms with Gasteiger partial charge in [0.15, 0.2) is 0 Å². The molecule has 0 atom stereocenters. The van der Waals surface area contributed by atoms with Crippen LogP contribution in [0.15, 0.2) is 4.52 Å². The number of hydrogen-bond acceptors (Lipinski definition) is 5. The van der Waals surface area contributed by atoms with Crippen molar-refractivity contribution in [3.63, 3.8) is 0 Å². The molecule has 1 aromatic heterocycles. The smallest absolute Gasteiger partial charge is 0.228 e. The van der Waals surface area contributed by atoms with E-state index in [0.29, 0.717) is 30.2 Å². The van der Waals surface area contributed by atoms with Gasteiger partial charge >= 0.3 is 0 Å². The highest BCUT2D eigenvalue weighted by molar-refractivity contribution is 5.06. The second kappa shape index (κ2) is 5.69. The molecule has 2 N–H and O–H groups in total. The van der Waals surface area contributed by atoms with E-state index in [-0.39, 0.29) is 11.1 Å². The molecule has 1 heterocycles. The zero-order chi connectivity index (χ0) is 15.7. The molecule has 5 heteroatoms. The molecule has 0 unspecified atom stereocenters. The average molecular weight is 295 g/mol. The molecular formula is C16H29N3O2. The summed E-state index contributed by atoms with van der Waals surface area (Å²) in [5.41, 5.74) is 5.66. The number of rotatable bonds is 5. The summed E-state index contributed by atoms with van der Waals surface area (Å²) in [6.07, 6.45) is 4.68. The highest BCUT2D eigenvalue weighted by atomic mass is 16.5. The Kier molecular flexibility index (Phi) is 4.45. The Morgan fingerprint density at radius 2 is 1.86 bits per heavy atom. The molecule has 1 aliphatic carbocycles. The van der Waals surface area contributed by atoms with Crippen molar-refractivity contribution in [2.75, 3.05) is 6.61 Å². The van der Waals surface area contributed by atoms with E-state index in [1.54, 1.807) is 0 Å². The van der Waals surface area contributed by atoms with Gasteiger partial charge in [0.1, 0.15) is 5.60 Å². The molecule has 0 bridgehead atoms. The maximum atomic E-state index is 6.08. The van der Waals surface area contributed by atoms with E-state index in [1.165, 1.54) is 0 Å². The maximum Gasteiger partial charge on any atom is 0.228 e. The van der Waals surface area contributed by atoms with E-state index >= 15 is 0 Å². The molecule has 5 nitrogen and oxygen atoms in total. The van der Waals surface area contributed by atoms with Crippen molar-refractivity contribution < 1.29 is 9.26 Å². The molecule has 1 saturated carbocycles. The lowest BCUT2D eigenvalue weighted by atomic mass is 9.70. The summed E-state index contributed by atoms with van der Waals surface area (Å²) >= 11 is 0. The zero-order valence-corrected chi connectivity index (χ0v) is 14.0. The quantitative estimate of drug-likeness (QED) is 0.903. The largest absolute Gasteiger partial charge is 0.367 e. The Morgan fingerprint density at radius 1 is 1.24 bits per heavy atom. The van der Waals surface area contributed by atoms with Gasteiger partial charge in [-0.3, -0.25) is 0 Å². The van der Waals surface area contributed by atoms with E-state index in [0.717, 1.165) is 25.7 Å². The lowest BCUT2D eigenvalue weighted by Crippen LogP contribution is -2.38. The van der Waals surface area contributed by atoms with Crippen molar-refractivity contribution in [3.8, 4) is 0 Å². The van der Waals surface area contributed by atoms with Crippen LogP contribution >= 0.6 is 0 Å². The van der Waals surface area contributed by atoms with Crippen LogP contribution in [0.2, 0.25) is 0 Å². The molecule has 1 aromatic rings. The van der Waals surface area contributed by atoms with Gasteiger partial charge in [-0.2, -0.15) is 4.98 Å². The van der Waals surface area contributed by atoms with Crippen molar-refractivity contribution in [1.82, 2.24) is 10.1 Å². The topological polar surface area (TPSA) is 74.2 Å². The molecule has 0 amide bonds. The van der Waals surface area contributed by atoms with Gasteiger partial charge in [0.2, 0.25) is 11.7 Å². The minimum atomic E-state index is -0.384. The highest BCUT2D eigenvalue weighted by Crippen LogP contribution is 2.46. The van der Waals surface area contributed by atoms with Gasteiger partial charge < -0.3 is 15.0 Å². The minimum Gasteiger partial charge on any atom is -0.367 e. The average Bonchev–Trinajstić information content (AvgIpc) is 2.79.